The van der Waals surface area contributed by atoms with Gasteiger partial charge in [-0.25, -0.2) is 0 Å². The summed E-state index contributed by atoms with van der Waals surface area (Å²) in [7, 11) is 0. The van der Waals surface area contributed by atoms with Crippen molar-refractivity contribution in [2.24, 2.45) is 11.8 Å². The van der Waals surface area contributed by atoms with Crippen molar-refractivity contribution in [3.8, 4) is 0 Å². The molecule has 0 unspecified atom stereocenters. The fourth-order valence-electron chi connectivity index (χ4n) is 2.37. The number of rotatable bonds is 8. The second-order valence-corrected chi connectivity index (χ2v) is 6.88. The maximum Gasteiger partial charge on any atom is 0.131 e. The Kier molecular flexibility index (Phi) is 5.73. The molecule has 2 rings (SSSR count). The third kappa shape index (κ3) is 4.82. The third-order valence-electron chi connectivity index (χ3n) is 3.40. The zero-order chi connectivity index (χ0) is 13.7. The summed E-state index contributed by atoms with van der Waals surface area (Å²) in [5.74, 6) is 1.43. The Morgan fingerprint density at radius 1 is 1.32 bits per heavy atom. The van der Waals surface area contributed by atoms with Crippen molar-refractivity contribution in [2.75, 3.05) is 13.2 Å². The maximum absolute atomic E-state index is 5.58. The van der Waals surface area contributed by atoms with Crippen LogP contribution in [-0.4, -0.2) is 29.5 Å². The van der Waals surface area contributed by atoms with Gasteiger partial charge >= 0.3 is 0 Å². The van der Waals surface area contributed by atoms with Crippen LogP contribution in [0.15, 0.2) is 0 Å². The van der Waals surface area contributed by atoms with Gasteiger partial charge < -0.3 is 10.1 Å². The number of hydrogen-bond acceptors (Lipinski definition) is 5. The van der Waals surface area contributed by atoms with E-state index in [1.54, 1.807) is 11.3 Å². The Bertz CT molecular complexity index is 375. The first-order chi connectivity index (χ1) is 9.17. The molecule has 0 radical (unpaired) electrons. The van der Waals surface area contributed by atoms with Gasteiger partial charge in [-0.3, -0.25) is 0 Å². The normalized spacial score (nSPS) is 22.7. The molecule has 1 heterocycles. The minimum atomic E-state index is 0.495. The van der Waals surface area contributed by atoms with Crippen LogP contribution in [0.2, 0.25) is 0 Å². The number of hydrogen-bond donors (Lipinski definition) is 1. The first-order valence-corrected chi connectivity index (χ1v) is 8.12. The van der Waals surface area contributed by atoms with Crippen molar-refractivity contribution in [1.29, 1.82) is 0 Å². The molecular weight excluding hydrogens is 258 g/mol. The van der Waals surface area contributed by atoms with Crippen LogP contribution < -0.4 is 5.32 Å². The van der Waals surface area contributed by atoms with E-state index >= 15 is 0 Å². The van der Waals surface area contributed by atoms with E-state index < -0.39 is 0 Å². The molecule has 1 aliphatic rings. The van der Waals surface area contributed by atoms with E-state index in [0.717, 1.165) is 37.0 Å². The molecular formula is C14H25N3OS. The van der Waals surface area contributed by atoms with E-state index in [9.17, 15) is 0 Å². The van der Waals surface area contributed by atoms with Crippen LogP contribution in [0.3, 0.4) is 0 Å². The van der Waals surface area contributed by atoms with Crippen molar-refractivity contribution >= 4 is 11.3 Å². The van der Waals surface area contributed by atoms with Crippen molar-refractivity contribution in [2.45, 2.75) is 52.7 Å². The average Bonchev–Trinajstić information content (AvgIpc) is 2.74. The predicted octanol–water partition coefficient (Wildman–Crippen LogP) is 2.64. The zero-order valence-electron chi connectivity index (χ0n) is 12.2. The molecule has 0 saturated heterocycles. The van der Waals surface area contributed by atoms with Crippen LogP contribution in [0.5, 0.6) is 0 Å². The lowest BCUT2D eigenvalue weighted by molar-refractivity contribution is -0.0240. The standard InChI is InChI=1S/C14H25N3OS/c1-4-18-12-5-11(6-12)7-13-16-17-14(19-13)9-15-8-10(2)3/h10-12,15H,4-9H2,1-3H3. The quantitative estimate of drug-likeness (QED) is 0.797. The summed E-state index contributed by atoms with van der Waals surface area (Å²) in [5, 5.41) is 14.2. The molecule has 0 atom stereocenters. The summed E-state index contributed by atoms with van der Waals surface area (Å²) in [6.07, 6.45) is 3.95. The van der Waals surface area contributed by atoms with Crippen LogP contribution in [0.4, 0.5) is 0 Å². The fraction of sp³-hybridized carbons (Fsp3) is 0.857. The highest BCUT2D eigenvalue weighted by atomic mass is 32.1. The molecule has 1 fully saturated rings. The predicted molar refractivity (Wildman–Crippen MR) is 78.3 cm³/mol. The Labute approximate surface area is 120 Å². The van der Waals surface area contributed by atoms with Crippen molar-refractivity contribution in [3.05, 3.63) is 10.0 Å². The Hall–Kier alpha value is -0.520. The van der Waals surface area contributed by atoms with E-state index in [1.165, 1.54) is 17.8 Å². The second kappa shape index (κ2) is 7.31. The van der Waals surface area contributed by atoms with Gasteiger partial charge in [0.15, 0.2) is 0 Å². The monoisotopic (exact) mass is 283 g/mol. The van der Waals surface area contributed by atoms with Gasteiger partial charge in [0.2, 0.25) is 0 Å². The van der Waals surface area contributed by atoms with E-state index in [4.69, 9.17) is 4.74 Å². The van der Waals surface area contributed by atoms with Gasteiger partial charge in [0.1, 0.15) is 10.0 Å². The fourth-order valence-corrected chi connectivity index (χ4v) is 3.30. The summed E-state index contributed by atoms with van der Waals surface area (Å²) in [6, 6.07) is 0. The summed E-state index contributed by atoms with van der Waals surface area (Å²) in [4.78, 5) is 0. The molecule has 108 valence electrons. The topological polar surface area (TPSA) is 47.0 Å². The molecule has 1 aliphatic carbocycles. The van der Waals surface area contributed by atoms with Gasteiger partial charge in [-0.05, 0) is 38.1 Å². The Balaban J connectivity index is 1.67. The SMILES string of the molecule is CCOC1CC(Cc2nnc(CNCC(C)C)s2)C1. The summed E-state index contributed by atoms with van der Waals surface area (Å²) in [5.41, 5.74) is 0. The van der Waals surface area contributed by atoms with Crippen LogP contribution in [0.25, 0.3) is 0 Å². The Morgan fingerprint density at radius 3 is 2.74 bits per heavy atom. The zero-order valence-corrected chi connectivity index (χ0v) is 13.0. The molecule has 1 aromatic rings. The molecule has 0 amide bonds. The molecule has 1 N–H and O–H groups in total. The first-order valence-electron chi connectivity index (χ1n) is 7.31. The van der Waals surface area contributed by atoms with Gasteiger partial charge in [-0.15, -0.1) is 21.5 Å². The maximum atomic E-state index is 5.58. The van der Waals surface area contributed by atoms with Gasteiger partial charge in [0, 0.05) is 19.6 Å². The lowest BCUT2D eigenvalue weighted by Crippen LogP contribution is -2.32. The minimum absolute atomic E-state index is 0.495. The van der Waals surface area contributed by atoms with E-state index in [1.807, 2.05) is 0 Å². The van der Waals surface area contributed by atoms with Crippen molar-refractivity contribution < 1.29 is 4.74 Å². The van der Waals surface area contributed by atoms with Crippen LogP contribution in [0.1, 0.15) is 43.6 Å². The van der Waals surface area contributed by atoms with E-state index in [2.05, 4.69) is 36.3 Å². The largest absolute Gasteiger partial charge is 0.378 e. The molecule has 0 spiro atoms. The number of ether oxygens (including phenoxy) is 1. The Morgan fingerprint density at radius 2 is 2.05 bits per heavy atom. The van der Waals surface area contributed by atoms with E-state index in [-0.39, 0.29) is 0 Å². The van der Waals surface area contributed by atoms with Crippen molar-refractivity contribution in [3.63, 3.8) is 0 Å². The summed E-state index contributed by atoms with van der Waals surface area (Å²) < 4.78 is 5.58. The van der Waals surface area contributed by atoms with Gasteiger partial charge in [0.25, 0.3) is 0 Å². The van der Waals surface area contributed by atoms with Crippen LogP contribution >= 0.6 is 11.3 Å². The summed E-state index contributed by atoms with van der Waals surface area (Å²) in [6.45, 7) is 9.21. The lowest BCUT2D eigenvalue weighted by Gasteiger charge is -2.34. The highest BCUT2D eigenvalue weighted by Crippen LogP contribution is 2.33. The lowest BCUT2D eigenvalue weighted by atomic mass is 9.80. The average molecular weight is 283 g/mol. The smallest absolute Gasteiger partial charge is 0.131 e. The molecule has 19 heavy (non-hydrogen) atoms. The molecule has 4 nitrogen and oxygen atoms in total. The summed E-state index contributed by atoms with van der Waals surface area (Å²) >= 11 is 1.75. The number of nitrogens with one attached hydrogen (secondary N) is 1. The highest BCUT2D eigenvalue weighted by molar-refractivity contribution is 7.11. The molecule has 5 heteroatoms. The first kappa shape index (κ1) is 14.9. The number of nitrogens with zero attached hydrogens (tertiary/aromatic N) is 2. The van der Waals surface area contributed by atoms with Gasteiger partial charge in [-0.1, -0.05) is 13.8 Å². The number of aromatic nitrogens is 2. The van der Waals surface area contributed by atoms with Gasteiger partial charge in [-0.2, -0.15) is 0 Å². The minimum Gasteiger partial charge on any atom is -0.378 e. The molecule has 0 aliphatic heterocycles. The highest BCUT2D eigenvalue weighted by Gasteiger charge is 2.30. The molecule has 0 aromatic carbocycles. The van der Waals surface area contributed by atoms with Gasteiger partial charge in [0.05, 0.1) is 6.10 Å². The van der Waals surface area contributed by atoms with Crippen LogP contribution in [-0.2, 0) is 17.7 Å². The molecule has 1 aromatic heterocycles. The third-order valence-corrected chi connectivity index (χ3v) is 4.34. The van der Waals surface area contributed by atoms with Crippen molar-refractivity contribution in [1.82, 2.24) is 15.5 Å². The molecule has 0 bridgehead atoms. The molecule has 1 saturated carbocycles. The van der Waals surface area contributed by atoms with Crippen LogP contribution in [0, 0.1) is 11.8 Å². The van der Waals surface area contributed by atoms with E-state index in [0.29, 0.717) is 12.0 Å². The second-order valence-electron chi connectivity index (χ2n) is 5.73.